The molecule has 4 atom stereocenters. The Morgan fingerprint density at radius 2 is 1.80 bits per heavy atom. The summed E-state index contributed by atoms with van der Waals surface area (Å²) in [5.41, 5.74) is 1.89. The van der Waals surface area contributed by atoms with E-state index in [1.54, 1.807) is 0 Å². The number of oxazole rings is 1. The van der Waals surface area contributed by atoms with Crippen molar-refractivity contribution in [1.82, 2.24) is 15.2 Å². The molecule has 164 valence electrons. The zero-order valence-electron chi connectivity index (χ0n) is 17.8. The van der Waals surface area contributed by atoms with E-state index >= 15 is 0 Å². The minimum atomic E-state index is -0.0486. The molecule has 0 radical (unpaired) electrons. The van der Waals surface area contributed by atoms with Crippen LogP contribution in [0.2, 0.25) is 0 Å². The lowest BCUT2D eigenvalue weighted by molar-refractivity contribution is 0.0727. The van der Waals surface area contributed by atoms with Crippen LogP contribution in [0.1, 0.15) is 49.9 Å². The standard InChI is InChI=1S/C22H30N4O3.ClH/c1-13-11-28-12-14(2)26(13)22-24-20-18(5-4-6-19(20)29-22)21(27)23-15-9-16-7-8-17(10-15)25(16)3;/h4-6,13-17H,7-12H2,1-3H3,(H,23,27);1H. The van der Waals surface area contributed by atoms with Gasteiger partial charge < -0.3 is 24.3 Å². The van der Waals surface area contributed by atoms with Crippen LogP contribution in [0.5, 0.6) is 0 Å². The van der Waals surface area contributed by atoms with Gasteiger partial charge in [0.25, 0.3) is 11.9 Å². The van der Waals surface area contributed by atoms with Gasteiger partial charge in [-0.15, -0.1) is 12.4 Å². The van der Waals surface area contributed by atoms with E-state index in [4.69, 9.17) is 14.1 Å². The number of morpholine rings is 1. The third-order valence-electron chi connectivity index (χ3n) is 6.97. The summed E-state index contributed by atoms with van der Waals surface area (Å²) < 4.78 is 11.7. The Labute approximate surface area is 183 Å². The number of hydrogen-bond donors (Lipinski definition) is 1. The largest absolute Gasteiger partial charge is 0.423 e. The first kappa shape index (κ1) is 21.4. The van der Waals surface area contributed by atoms with Gasteiger partial charge in [0.05, 0.1) is 30.9 Å². The molecule has 4 heterocycles. The SMILES string of the molecule is CC1COCC(C)N1c1nc2c(C(=O)NC3CC4CCC(C3)N4C)cccc2o1.Cl. The molecular weight excluding hydrogens is 404 g/mol. The summed E-state index contributed by atoms with van der Waals surface area (Å²) in [6, 6.07) is 7.95. The second-order valence-electron chi connectivity index (χ2n) is 8.98. The Bertz CT molecular complexity index is 895. The number of carbonyl (C=O) groups is 1. The Morgan fingerprint density at radius 3 is 2.47 bits per heavy atom. The van der Waals surface area contributed by atoms with Crippen LogP contribution in [0.4, 0.5) is 6.01 Å². The van der Waals surface area contributed by atoms with E-state index in [2.05, 4.69) is 36.0 Å². The summed E-state index contributed by atoms with van der Waals surface area (Å²) in [6.45, 7) is 5.50. The highest BCUT2D eigenvalue weighted by atomic mass is 35.5. The molecule has 1 aromatic heterocycles. The maximum atomic E-state index is 13.1. The second kappa shape index (κ2) is 8.36. The summed E-state index contributed by atoms with van der Waals surface area (Å²) in [5, 5.41) is 3.27. The van der Waals surface area contributed by atoms with Crippen LogP contribution in [0.25, 0.3) is 11.1 Å². The van der Waals surface area contributed by atoms with Gasteiger partial charge in [0.15, 0.2) is 5.58 Å². The van der Waals surface area contributed by atoms with Gasteiger partial charge in [0.1, 0.15) is 5.52 Å². The highest BCUT2D eigenvalue weighted by Gasteiger charge is 2.39. The maximum Gasteiger partial charge on any atom is 0.299 e. The molecule has 1 N–H and O–H groups in total. The molecule has 0 aliphatic carbocycles. The molecule has 3 aliphatic rings. The number of nitrogens with zero attached hydrogens (tertiary/aromatic N) is 3. The molecule has 5 rings (SSSR count). The highest BCUT2D eigenvalue weighted by Crippen LogP contribution is 2.34. The van der Waals surface area contributed by atoms with Crippen molar-refractivity contribution >= 4 is 35.4 Å². The van der Waals surface area contributed by atoms with Gasteiger partial charge in [0, 0.05) is 18.1 Å². The first-order valence-corrected chi connectivity index (χ1v) is 10.8. The zero-order valence-corrected chi connectivity index (χ0v) is 18.7. The molecule has 8 heteroatoms. The van der Waals surface area contributed by atoms with Crippen molar-refractivity contribution in [3.05, 3.63) is 23.8 Å². The number of fused-ring (bicyclic) bond motifs is 3. The molecule has 2 aromatic rings. The Kier molecular flexibility index (Phi) is 5.97. The van der Waals surface area contributed by atoms with Crippen LogP contribution in [-0.4, -0.2) is 66.3 Å². The minimum absolute atomic E-state index is 0. The molecular formula is C22H31ClN4O3. The van der Waals surface area contributed by atoms with Gasteiger partial charge in [-0.1, -0.05) is 6.07 Å². The number of carbonyl (C=O) groups excluding carboxylic acids is 1. The summed E-state index contributed by atoms with van der Waals surface area (Å²) in [5.74, 6) is -0.0486. The van der Waals surface area contributed by atoms with Crippen LogP contribution in [0.3, 0.4) is 0 Å². The van der Waals surface area contributed by atoms with Crippen LogP contribution < -0.4 is 10.2 Å². The van der Waals surface area contributed by atoms with Crippen molar-refractivity contribution < 1.29 is 13.9 Å². The van der Waals surface area contributed by atoms with E-state index in [-0.39, 0.29) is 36.4 Å². The number of nitrogens with one attached hydrogen (secondary N) is 1. The summed E-state index contributed by atoms with van der Waals surface area (Å²) in [7, 11) is 2.21. The third kappa shape index (κ3) is 3.67. The molecule has 4 unspecified atom stereocenters. The Balaban J connectivity index is 0.00000218. The van der Waals surface area contributed by atoms with Gasteiger partial charge in [-0.25, -0.2) is 0 Å². The van der Waals surface area contributed by atoms with Crippen LogP contribution in [-0.2, 0) is 4.74 Å². The van der Waals surface area contributed by atoms with E-state index < -0.39 is 0 Å². The number of para-hydroxylation sites is 1. The number of ether oxygens (including phenoxy) is 1. The molecule has 0 spiro atoms. The van der Waals surface area contributed by atoms with Crippen LogP contribution >= 0.6 is 12.4 Å². The number of hydrogen-bond acceptors (Lipinski definition) is 6. The molecule has 30 heavy (non-hydrogen) atoms. The van der Waals surface area contributed by atoms with Crippen molar-refractivity contribution in [3.63, 3.8) is 0 Å². The first-order valence-electron chi connectivity index (χ1n) is 10.8. The topological polar surface area (TPSA) is 70.8 Å². The number of benzene rings is 1. The molecule has 3 aliphatic heterocycles. The lowest BCUT2D eigenvalue weighted by Gasteiger charge is -2.37. The van der Waals surface area contributed by atoms with Crippen molar-refractivity contribution in [2.24, 2.45) is 0 Å². The summed E-state index contributed by atoms with van der Waals surface area (Å²) in [4.78, 5) is 22.5. The number of amides is 1. The predicted molar refractivity (Wildman–Crippen MR) is 119 cm³/mol. The number of piperidine rings is 1. The van der Waals surface area contributed by atoms with Gasteiger partial charge >= 0.3 is 0 Å². The molecule has 3 saturated heterocycles. The van der Waals surface area contributed by atoms with Gasteiger partial charge in [-0.2, -0.15) is 4.98 Å². The summed E-state index contributed by atoms with van der Waals surface area (Å²) >= 11 is 0. The predicted octanol–water partition coefficient (Wildman–Crippen LogP) is 3.22. The number of rotatable bonds is 3. The summed E-state index contributed by atoms with van der Waals surface area (Å²) in [6.07, 6.45) is 4.54. The van der Waals surface area contributed by atoms with Crippen molar-refractivity contribution in [2.75, 3.05) is 25.2 Å². The van der Waals surface area contributed by atoms with E-state index in [0.717, 1.165) is 12.8 Å². The van der Waals surface area contributed by atoms with E-state index in [1.165, 1.54) is 12.8 Å². The fraction of sp³-hybridized carbons (Fsp3) is 0.636. The second-order valence-corrected chi connectivity index (χ2v) is 8.98. The Morgan fingerprint density at radius 1 is 1.13 bits per heavy atom. The van der Waals surface area contributed by atoms with Crippen molar-refractivity contribution in [1.29, 1.82) is 0 Å². The zero-order chi connectivity index (χ0) is 20.1. The van der Waals surface area contributed by atoms with Crippen LogP contribution in [0.15, 0.2) is 22.6 Å². The Hall–Kier alpha value is -1.83. The molecule has 3 fully saturated rings. The number of halogens is 1. The van der Waals surface area contributed by atoms with E-state index in [1.807, 2.05) is 18.2 Å². The quantitative estimate of drug-likeness (QED) is 0.799. The smallest absolute Gasteiger partial charge is 0.299 e. The fourth-order valence-corrected chi connectivity index (χ4v) is 5.40. The average Bonchev–Trinajstić information content (AvgIpc) is 3.18. The van der Waals surface area contributed by atoms with Gasteiger partial charge in [-0.05, 0) is 58.7 Å². The van der Waals surface area contributed by atoms with Crippen molar-refractivity contribution in [2.45, 2.75) is 69.7 Å². The molecule has 7 nitrogen and oxygen atoms in total. The maximum absolute atomic E-state index is 13.1. The number of aromatic nitrogens is 1. The van der Waals surface area contributed by atoms with Gasteiger partial charge in [-0.3, -0.25) is 4.79 Å². The lowest BCUT2D eigenvalue weighted by atomic mass is 9.97. The molecule has 1 amide bonds. The third-order valence-corrected chi connectivity index (χ3v) is 6.97. The molecule has 2 bridgehead atoms. The number of anilines is 1. The highest BCUT2D eigenvalue weighted by molar-refractivity contribution is 6.04. The van der Waals surface area contributed by atoms with Gasteiger partial charge in [0.2, 0.25) is 0 Å². The van der Waals surface area contributed by atoms with E-state index in [9.17, 15) is 4.79 Å². The monoisotopic (exact) mass is 434 g/mol. The first-order chi connectivity index (χ1) is 14.0. The fourth-order valence-electron chi connectivity index (χ4n) is 5.40. The van der Waals surface area contributed by atoms with Crippen LogP contribution in [0, 0.1) is 0 Å². The molecule has 1 aromatic carbocycles. The van der Waals surface area contributed by atoms with Crippen molar-refractivity contribution in [3.8, 4) is 0 Å². The lowest BCUT2D eigenvalue weighted by Crippen LogP contribution is -2.50. The minimum Gasteiger partial charge on any atom is -0.423 e. The average molecular weight is 435 g/mol. The molecule has 0 saturated carbocycles. The normalized spacial score (nSPS) is 31.6. The van der Waals surface area contributed by atoms with E-state index in [0.29, 0.717) is 48.0 Å².